The maximum Gasteiger partial charge on any atom is 1.00 e. The zero-order chi connectivity index (χ0) is 34.6. The van der Waals surface area contributed by atoms with Gasteiger partial charge in [-0.25, -0.2) is 8.42 Å². The number of allylic oxidation sites excluding steroid dienone is 3. The summed E-state index contributed by atoms with van der Waals surface area (Å²) in [6.45, 7) is 3.78. The molecule has 0 saturated carbocycles. The monoisotopic (exact) mass is 676 g/mol. The van der Waals surface area contributed by atoms with Crippen LogP contribution in [-0.4, -0.2) is 30.4 Å². The van der Waals surface area contributed by atoms with Gasteiger partial charge in [0.1, 0.15) is 21.5 Å². The van der Waals surface area contributed by atoms with Crippen LogP contribution in [0.4, 0.5) is 39.8 Å². The second kappa shape index (κ2) is 16.5. The van der Waals surface area contributed by atoms with E-state index in [4.69, 9.17) is 11.5 Å². The van der Waals surface area contributed by atoms with Crippen LogP contribution in [0, 0.1) is 13.8 Å². The van der Waals surface area contributed by atoms with E-state index in [1.165, 1.54) is 18.2 Å². The second-order valence-electron chi connectivity index (χ2n) is 10.5. The van der Waals surface area contributed by atoms with E-state index in [-0.39, 0.29) is 71.1 Å². The van der Waals surface area contributed by atoms with E-state index >= 15 is 0 Å². The standard InChI is InChI=1S/C33H28N8O6S.2Li/c1-18-15-20(3-11-27(18)38-37-23-7-14-30(42)25(17-23)33(43)44)21-4-12-28(19(2)16-21)39-41-32-26(34)10-13-29(31(32)35)40-36-22-5-8-24(9-6-22)48(45,46)47;;/h3-17,38H,34-35H2,1-2H3,(H,43,44)(H,45,46,47);;/q;2*+1/p-2/b37-23+,40-36?,41-39?;;. The van der Waals surface area contributed by atoms with E-state index in [1.54, 1.807) is 18.2 Å². The normalized spacial score (nSPS) is 13.6. The van der Waals surface area contributed by atoms with Gasteiger partial charge >= 0.3 is 37.7 Å². The van der Waals surface area contributed by atoms with E-state index in [0.717, 1.165) is 46.5 Å². The maximum atomic E-state index is 11.7. The number of carboxylic acids is 1. The number of nitrogen functional groups attached to an aromatic ring is 2. The van der Waals surface area contributed by atoms with Gasteiger partial charge in [-0.05, 0) is 115 Å². The summed E-state index contributed by atoms with van der Waals surface area (Å²) < 4.78 is 33.4. The molecule has 1 aliphatic carbocycles. The molecule has 0 aliphatic heterocycles. The Bertz CT molecular complexity index is 2240. The molecule has 1 aliphatic rings. The number of nitrogens with two attached hydrogens (primary N) is 2. The first-order valence-corrected chi connectivity index (χ1v) is 15.5. The molecule has 0 unspecified atom stereocenters. The van der Waals surface area contributed by atoms with Crippen LogP contribution in [0.3, 0.4) is 0 Å². The van der Waals surface area contributed by atoms with Gasteiger partial charge in [-0.1, -0.05) is 12.1 Å². The third-order valence-electron chi connectivity index (χ3n) is 7.13. The first-order valence-electron chi connectivity index (χ1n) is 14.1. The van der Waals surface area contributed by atoms with Crippen molar-refractivity contribution in [3.63, 3.8) is 0 Å². The third kappa shape index (κ3) is 9.31. The summed E-state index contributed by atoms with van der Waals surface area (Å²) in [7, 11) is -4.58. The molecule has 0 bridgehead atoms. The van der Waals surface area contributed by atoms with Gasteiger partial charge in [-0.3, -0.25) is 10.2 Å². The third-order valence-corrected chi connectivity index (χ3v) is 7.98. The minimum absolute atomic E-state index is 0. The van der Waals surface area contributed by atoms with Gasteiger partial charge in [-0.2, -0.15) is 15.3 Å². The van der Waals surface area contributed by atoms with Gasteiger partial charge in [0.15, 0.2) is 5.78 Å². The maximum absolute atomic E-state index is 11.7. The Labute approximate surface area is 311 Å². The van der Waals surface area contributed by atoms with Crippen LogP contribution in [0.5, 0.6) is 0 Å². The predicted octanol–water partition coefficient (Wildman–Crippen LogP) is -0.539. The van der Waals surface area contributed by atoms with Crippen molar-refractivity contribution in [1.29, 1.82) is 0 Å². The number of azo groups is 2. The molecule has 0 heterocycles. The summed E-state index contributed by atoms with van der Waals surface area (Å²) in [4.78, 5) is 22.4. The first-order chi connectivity index (χ1) is 22.8. The number of nitrogens with one attached hydrogen (secondary N) is 1. The fourth-order valence-electron chi connectivity index (χ4n) is 4.50. The summed E-state index contributed by atoms with van der Waals surface area (Å²) in [5.41, 5.74) is 21.1. The molecule has 0 fully saturated rings. The number of ketones is 1. The fourth-order valence-corrected chi connectivity index (χ4v) is 4.97. The number of rotatable bonds is 9. The average molecular weight is 677 g/mol. The van der Waals surface area contributed by atoms with E-state index in [9.17, 15) is 27.7 Å². The van der Waals surface area contributed by atoms with Crippen LogP contribution in [0.1, 0.15) is 11.1 Å². The molecule has 0 radical (unpaired) electrons. The molecule has 4 aromatic rings. The van der Waals surface area contributed by atoms with E-state index < -0.39 is 27.4 Å². The van der Waals surface area contributed by atoms with Crippen molar-refractivity contribution in [3.05, 3.63) is 108 Å². The number of carbonyl (C=O) groups is 2. The smallest absolute Gasteiger partial charge is 0.744 e. The Kier molecular flexibility index (Phi) is 13.0. The number of benzene rings is 4. The van der Waals surface area contributed by atoms with Crippen molar-refractivity contribution in [3.8, 4) is 11.1 Å². The van der Waals surface area contributed by atoms with Crippen LogP contribution in [0.15, 0.2) is 127 Å². The largest absolute Gasteiger partial charge is 1.00 e. The number of aryl methyl sites for hydroxylation is 2. The van der Waals surface area contributed by atoms with E-state index in [0.29, 0.717) is 17.1 Å². The van der Waals surface area contributed by atoms with Gasteiger partial charge in [0.05, 0.1) is 45.0 Å². The van der Waals surface area contributed by atoms with Gasteiger partial charge in [-0.15, -0.1) is 10.2 Å². The number of carboxylic acid groups (broad SMARTS) is 1. The molecule has 0 saturated heterocycles. The molecule has 5 N–H and O–H groups in total. The SMILES string of the molecule is Cc1cc(-c2ccc(N/N=C3\C=CC(=O)C(C(=O)[O-])=C3)c(C)c2)ccc1N=Nc1c(N)ccc(N=Nc2ccc(S(=O)(=O)[O-])cc2)c1N.[Li+].[Li+]. The Balaban J connectivity index is 0.00000338. The van der Waals surface area contributed by atoms with Crippen LogP contribution in [0.25, 0.3) is 11.1 Å². The molecule has 0 spiro atoms. The summed E-state index contributed by atoms with van der Waals surface area (Å²) in [5, 5.41) is 32.1. The zero-order valence-electron chi connectivity index (χ0n) is 27.4. The summed E-state index contributed by atoms with van der Waals surface area (Å²) >= 11 is 0. The number of anilines is 3. The second-order valence-corrected chi connectivity index (χ2v) is 11.9. The molecule has 0 aromatic heterocycles. The minimum atomic E-state index is -4.58. The quantitative estimate of drug-likeness (QED) is 0.0392. The molecule has 242 valence electrons. The van der Waals surface area contributed by atoms with Gasteiger partial charge in [0.25, 0.3) is 0 Å². The topological polar surface area (TPSA) is 240 Å². The van der Waals surface area contributed by atoms with Gasteiger partial charge in [0.2, 0.25) is 0 Å². The molecule has 50 heavy (non-hydrogen) atoms. The van der Waals surface area contributed by atoms with Crippen LogP contribution in [-0.2, 0) is 19.7 Å². The molecule has 5 rings (SSSR count). The van der Waals surface area contributed by atoms with Crippen molar-refractivity contribution in [1.82, 2.24) is 0 Å². The van der Waals surface area contributed by atoms with Crippen molar-refractivity contribution in [2.75, 3.05) is 16.9 Å². The van der Waals surface area contributed by atoms with E-state index in [1.807, 2.05) is 44.2 Å². The van der Waals surface area contributed by atoms with Crippen LogP contribution >= 0.6 is 0 Å². The first kappa shape index (κ1) is 39.3. The molecule has 0 atom stereocenters. The van der Waals surface area contributed by atoms with Crippen molar-refractivity contribution >= 4 is 67.4 Å². The molecule has 0 amide bonds. The number of hydrogen-bond acceptors (Lipinski definition) is 14. The summed E-state index contributed by atoms with van der Waals surface area (Å²) in [6, 6.07) is 19.4. The molecule has 4 aromatic carbocycles. The molecular weight excluding hydrogens is 650 g/mol. The Morgan fingerprint density at radius 2 is 1.40 bits per heavy atom. The van der Waals surface area contributed by atoms with Gasteiger partial charge < -0.3 is 25.9 Å². The van der Waals surface area contributed by atoms with Crippen LogP contribution < -0.4 is 59.7 Å². The Morgan fingerprint density at radius 3 is 2.02 bits per heavy atom. The fraction of sp³-hybridized carbons (Fsp3) is 0.0606. The molecule has 17 heteroatoms. The van der Waals surface area contributed by atoms with Crippen molar-refractivity contribution in [2.45, 2.75) is 18.7 Å². The average Bonchev–Trinajstić information content (AvgIpc) is 3.04. The molecule has 14 nitrogen and oxygen atoms in total. The number of hydrogen-bond donors (Lipinski definition) is 3. The van der Waals surface area contributed by atoms with E-state index in [2.05, 4.69) is 31.0 Å². The number of carbonyl (C=O) groups excluding carboxylic acids is 2. The van der Waals surface area contributed by atoms with Gasteiger partial charge in [0, 0.05) is 5.57 Å². The summed E-state index contributed by atoms with van der Waals surface area (Å²) in [6.07, 6.45) is 3.69. The van der Waals surface area contributed by atoms with Crippen molar-refractivity contribution in [2.24, 2.45) is 25.6 Å². The number of nitrogens with zero attached hydrogens (tertiary/aromatic N) is 5. The molecular formula is C33H26Li2N8O6S. The number of aliphatic carboxylic acids is 1. The summed E-state index contributed by atoms with van der Waals surface area (Å²) in [5.74, 6) is -2.21. The Hall–Kier alpha value is -5.13. The zero-order valence-corrected chi connectivity index (χ0v) is 28.2. The predicted molar refractivity (Wildman–Crippen MR) is 178 cm³/mol. The minimum Gasteiger partial charge on any atom is -0.744 e. The Morgan fingerprint density at radius 1 is 0.780 bits per heavy atom. The number of hydrazone groups is 1. The van der Waals surface area contributed by atoms with Crippen LogP contribution in [0.2, 0.25) is 0 Å². The van der Waals surface area contributed by atoms with Crippen molar-refractivity contribution < 1.29 is 65.4 Å².